The van der Waals surface area contributed by atoms with Gasteiger partial charge >= 0.3 is 5.97 Å². The van der Waals surface area contributed by atoms with Crippen LogP contribution in [0.4, 0.5) is 0 Å². The van der Waals surface area contributed by atoms with Gasteiger partial charge in [-0.2, -0.15) is 0 Å². The van der Waals surface area contributed by atoms with Gasteiger partial charge in [0, 0.05) is 37.7 Å². The van der Waals surface area contributed by atoms with Crippen molar-refractivity contribution in [3.63, 3.8) is 0 Å². The predicted molar refractivity (Wildman–Crippen MR) is 35.2 cm³/mol. The quantitative estimate of drug-likeness (QED) is 0.423. The van der Waals surface area contributed by atoms with Gasteiger partial charge in [-0.15, -0.1) is 0 Å². The van der Waals surface area contributed by atoms with Crippen LogP contribution in [0.15, 0.2) is 0 Å². The van der Waals surface area contributed by atoms with Crippen molar-refractivity contribution in [2.45, 2.75) is 12.5 Å². The van der Waals surface area contributed by atoms with E-state index in [1.54, 1.807) is 0 Å². The zero-order valence-electron chi connectivity index (χ0n) is 5.41. The van der Waals surface area contributed by atoms with E-state index in [1.165, 1.54) is 0 Å². The first-order chi connectivity index (χ1) is 4.04. The summed E-state index contributed by atoms with van der Waals surface area (Å²) in [7, 11) is 0. The number of hydrogen-bond donors (Lipinski definition) is 3. The van der Waals surface area contributed by atoms with Crippen LogP contribution in [0.2, 0.25) is 0 Å². The van der Waals surface area contributed by atoms with Gasteiger partial charge in [0.1, 0.15) is 6.04 Å². The zero-order valence-corrected chi connectivity index (χ0v) is 7.62. The van der Waals surface area contributed by atoms with Crippen LogP contribution in [0.1, 0.15) is 6.42 Å². The van der Waals surface area contributed by atoms with Gasteiger partial charge in [0.15, 0.2) is 0 Å². The van der Waals surface area contributed by atoms with Gasteiger partial charge in [0.2, 0.25) is 5.91 Å². The summed E-state index contributed by atoms with van der Waals surface area (Å²) in [6.45, 7) is 0. The molecule has 54 valence electrons. The maximum absolute atomic E-state index is 9.99. The number of carboxylic acids is 1. The van der Waals surface area contributed by atoms with Crippen LogP contribution in [0.3, 0.4) is 0 Å². The van der Waals surface area contributed by atoms with E-state index in [9.17, 15) is 9.59 Å². The second kappa shape index (κ2) is 5.91. The molecular formula is C4H8CaN2O3. The number of nitrogens with two attached hydrogens (primary N) is 2. The summed E-state index contributed by atoms with van der Waals surface area (Å²) in [5.74, 6) is -1.92. The van der Waals surface area contributed by atoms with E-state index in [4.69, 9.17) is 10.8 Å². The number of carbonyl (C=O) groups is 2. The smallest absolute Gasteiger partial charge is 0.321 e. The van der Waals surface area contributed by atoms with E-state index in [0.717, 1.165) is 0 Å². The first kappa shape index (κ1) is 12.8. The molecule has 0 saturated heterocycles. The molecule has 0 unspecified atom stereocenters. The Morgan fingerprint density at radius 3 is 2.00 bits per heavy atom. The molecule has 0 aromatic rings. The van der Waals surface area contributed by atoms with Crippen molar-refractivity contribution < 1.29 is 14.7 Å². The molecule has 5 N–H and O–H groups in total. The number of rotatable bonds is 3. The molecule has 0 fully saturated rings. The minimum Gasteiger partial charge on any atom is -0.480 e. The maximum Gasteiger partial charge on any atom is 0.321 e. The van der Waals surface area contributed by atoms with Crippen molar-refractivity contribution in [2.24, 2.45) is 11.5 Å². The van der Waals surface area contributed by atoms with Crippen LogP contribution in [-0.4, -0.2) is 60.8 Å². The fourth-order valence-corrected chi connectivity index (χ4v) is 0.304. The monoisotopic (exact) mass is 172 g/mol. The standard InChI is InChI=1S/C4H8N2O3.Ca/c5-2(4(8)9)1-3(6)7;/h2H,1,5H2,(H2,6,7)(H,8,9);/t2-;/m0./s1. The minimum absolute atomic E-state index is 0. The molecule has 0 aliphatic heterocycles. The number of carboxylic acid groups (broad SMARTS) is 1. The second-order valence-electron chi connectivity index (χ2n) is 1.62. The third kappa shape index (κ3) is 6.28. The number of hydrogen-bond acceptors (Lipinski definition) is 3. The Bertz CT molecular complexity index is 138. The normalized spacial score (nSPS) is 11.3. The van der Waals surface area contributed by atoms with Crippen molar-refractivity contribution in [1.82, 2.24) is 0 Å². The SMILES string of the molecule is NC(=O)C[C@H](N)C(=O)O.[Ca]. The average molecular weight is 172 g/mol. The largest absolute Gasteiger partial charge is 0.480 e. The molecule has 0 bridgehead atoms. The topological polar surface area (TPSA) is 106 Å². The van der Waals surface area contributed by atoms with Crippen molar-refractivity contribution in [1.29, 1.82) is 0 Å². The number of primary amides is 1. The molecule has 1 amide bonds. The summed E-state index contributed by atoms with van der Waals surface area (Å²) in [4.78, 5) is 19.9. The van der Waals surface area contributed by atoms with E-state index in [1.807, 2.05) is 0 Å². The summed E-state index contributed by atoms with van der Waals surface area (Å²) in [5.41, 5.74) is 9.57. The van der Waals surface area contributed by atoms with Gasteiger partial charge in [-0.05, 0) is 0 Å². The van der Waals surface area contributed by atoms with Crippen molar-refractivity contribution >= 4 is 49.6 Å². The average Bonchev–Trinajstić information content (AvgIpc) is 1.63. The second-order valence-corrected chi connectivity index (χ2v) is 1.62. The molecule has 0 heterocycles. The summed E-state index contributed by atoms with van der Waals surface area (Å²) >= 11 is 0. The molecule has 0 aliphatic rings. The van der Waals surface area contributed by atoms with Gasteiger partial charge in [-0.1, -0.05) is 0 Å². The summed E-state index contributed by atoms with van der Waals surface area (Å²) in [6, 6.07) is -1.16. The maximum atomic E-state index is 9.99. The fraction of sp³-hybridized carbons (Fsp3) is 0.500. The zero-order chi connectivity index (χ0) is 7.44. The van der Waals surface area contributed by atoms with Gasteiger partial charge in [-0.3, -0.25) is 9.59 Å². The van der Waals surface area contributed by atoms with Gasteiger partial charge in [0.25, 0.3) is 0 Å². The van der Waals surface area contributed by atoms with E-state index < -0.39 is 17.9 Å². The number of amides is 1. The molecule has 2 radical (unpaired) electrons. The Morgan fingerprint density at radius 1 is 1.50 bits per heavy atom. The van der Waals surface area contributed by atoms with Crippen molar-refractivity contribution in [2.75, 3.05) is 0 Å². The van der Waals surface area contributed by atoms with E-state index in [0.29, 0.717) is 0 Å². The van der Waals surface area contributed by atoms with Crippen LogP contribution in [0.25, 0.3) is 0 Å². The van der Waals surface area contributed by atoms with E-state index in [2.05, 4.69) is 5.73 Å². The molecule has 0 aromatic heterocycles. The van der Waals surface area contributed by atoms with Crippen molar-refractivity contribution in [3.8, 4) is 0 Å². The Labute approximate surface area is 87.7 Å². The third-order valence-electron chi connectivity index (χ3n) is 0.738. The first-order valence-electron chi connectivity index (χ1n) is 2.30. The molecule has 0 aromatic carbocycles. The molecule has 0 spiro atoms. The summed E-state index contributed by atoms with van der Waals surface area (Å²) in [6.07, 6.45) is -0.310. The van der Waals surface area contributed by atoms with Gasteiger partial charge < -0.3 is 16.6 Å². The third-order valence-corrected chi connectivity index (χ3v) is 0.738. The Morgan fingerprint density at radius 2 is 1.90 bits per heavy atom. The first-order valence-corrected chi connectivity index (χ1v) is 2.30. The Kier molecular flexibility index (Phi) is 7.56. The van der Waals surface area contributed by atoms with Crippen LogP contribution in [0, 0.1) is 0 Å². The molecular weight excluding hydrogens is 164 g/mol. The predicted octanol–water partition coefficient (Wildman–Crippen LogP) is -2.11. The number of carbonyl (C=O) groups excluding carboxylic acids is 1. The molecule has 10 heavy (non-hydrogen) atoms. The molecule has 0 aliphatic carbocycles. The van der Waals surface area contributed by atoms with Crippen LogP contribution >= 0.6 is 0 Å². The molecule has 0 saturated carbocycles. The van der Waals surface area contributed by atoms with Gasteiger partial charge in [0.05, 0.1) is 6.42 Å². The van der Waals surface area contributed by atoms with Crippen LogP contribution in [-0.2, 0) is 9.59 Å². The van der Waals surface area contributed by atoms with Crippen molar-refractivity contribution in [3.05, 3.63) is 0 Å². The minimum atomic E-state index is -1.21. The summed E-state index contributed by atoms with van der Waals surface area (Å²) < 4.78 is 0. The molecule has 6 heteroatoms. The Balaban J connectivity index is 0. The van der Waals surface area contributed by atoms with Crippen LogP contribution in [0.5, 0.6) is 0 Å². The Hall–Kier alpha value is 0.160. The summed E-state index contributed by atoms with van der Waals surface area (Å²) in [5, 5.41) is 8.10. The molecule has 5 nitrogen and oxygen atoms in total. The number of aliphatic carboxylic acids is 1. The molecule has 0 rings (SSSR count). The fourth-order valence-electron chi connectivity index (χ4n) is 0.304. The van der Waals surface area contributed by atoms with Crippen LogP contribution < -0.4 is 11.5 Å². The van der Waals surface area contributed by atoms with E-state index in [-0.39, 0.29) is 44.2 Å². The van der Waals surface area contributed by atoms with Gasteiger partial charge in [-0.25, -0.2) is 0 Å². The van der Waals surface area contributed by atoms with E-state index >= 15 is 0 Å². The molecule has 1 atom stereocenters.